The number of thioether (sulfide) groups is 1. The van der Waals surface area contributed by atoms with Crippen molar-refractivity contribution in [2.24, 2.45) is 5.73 Å². The highest BCUT2D eigenvalue weighted by atomic mass is 32.2. The van der Waals surface area contributed by atoms with E-state index in [1.54, 1.807) is 11.8 Å². The molecule has 0 saturated carbocycles. The smallest absolute Gasteiger partial charge is 0.312 e. The summed E-state index contributed by atoms with van der Waals surface area (Å²) in [5.74, 6) is -0.174. The molecule has 3 aromatic rings. The van der Waals surface area contributed by atoms with Crippen LogP contribution in [-0.4, -0.2) is 30.1 Å². The van der Waals surface area contributed by atoms with Crippen LogP contribution in [0.4, 0.5) is 10.5 Å². The highest BCUT2D eigenvalue weighted by Gasteiger charge is 2.31. The standard InChI is InChI=1S/C30H34N4O3S/c1-3-6-28(35)33-26-15-13-22-17-24(38-2)14-16-27(22)34(29(26)36)19-20-9-11-21(12-10-20)25-8-5-4-7-23(25)18-32-30(31)37/h4-5,7-12,14,16-17,26H,3,6,13,15,18-19H2,1-2H3,(H,33,35)(H3,31,32,37)/t26-/m1/s1. The van der Waals surface area contributed by atoms with Crippen LogP contribution >= 0.6 is 11.8 Å². The molecule has 4 N–H and O–H groups in total. The Morgan fingerprint density at radius 1 is 1.08 bits per heavy atom. The van der Waals surface area contributed by atoms with Gasteiger partial charge in [-0.2, -0.15) is 0 Å². The molecule has 0 fully saturated rings. The first-order valence-corrected chi connectivity index (χ1v) is 14.1. The van der Waals surface area contributed by atoms with Gasteiger partial charge in [-0.05, 0) is 71.5 Å². The van der Waals surface area contributed by atoms with Gasteiger partial charge in [-0.15, -0.1) is 11.8 Å². The van der Waals surface area contributed by atoms with E-state index >= 15 is 0 Å². The Hall–Kier alpha value is -3.78. The fourth-order valence-corrected chi connectivity index (χ4v) is 5.25. The van der Waals surface area contributed by atoms with Crippen LogP contribution in [0.5, 0.6) is 0 Å². The summed E-state index contributed by atoms with van der Waals surface area (Å²) in [6.45, 7) is 2.70. The molecule has 1 heterocycles. The lowest BCUT2D eigenvalue weighted by Gasteiger charge is -2.27. The molecule has 8 heteroatoms. The number of anilines is 1. The average molecular weight is 531 g/mol. The van der Waals surface area contributed by atoms with E-state index in [-0.39, 0.29) is 11.8 Å². The average Bonchev–Trinajstić information content (AvgIpc) is 3.04. The second-order valence-electron chi connectivity index (χ2n) is 9.40. The molecule has 0 aliphatic carbocycles. The summed E-state index contributed by atoms with van der Waals surface area (Å²) in [5, 5.41) is 5.63. The van der Waals surface area contributed by atoms with Crippen LogP contribution < -0.4 is 21.3 Å². The number of nitrogens with two attached hydrogens (primary N) is 1. The van der Waals surface area contributed by atoms with Crippen molar-refractivity contribution in [2.75, 3.05) is 11.2 Å². The summed E-state index contributed by atoms with van der Waals surface area (Å²) in [5.41, 5.74) is 11.2. The predicted molar refractivity (Wildman–Crippen MR) is 153 cm³/mol. The van der Waals surface area contributed by atoms with Gasteiger partial charge >= 0.3 is 6.03 Å². The summed E-state index contributed by atoms with van der Waals surface area (Å²) in [7, 11) is 0. The minimum Gasteiger partial charge on any atom is -0.352 e. The van der Waals surface area contributed by atoms with Gasteiger partial charge in [-0.3, -0.25) is 9.59 Å². The zero-order valence-corrected chi connectivity index (χ0v) is 22.6. The van der Waals surface area contributed by atoms with Crippen molar-refractivity contribution in [1.29, 1.82) is 0 Å². The molecule has 0 saturated heterocycles. The highest BCUT2D eigenvalue weighted by Crippen LogP contribution is 2.32. The highest BCUT2D eigenvalue weighted by molar-refractivity contribution is 7.98. The molecular formula is C30H34N4O3S. The summed E-state index contributed by atoms with van der Waals surface area (Å²) >= 11 is 1.67. The number of hydrogen-bond acceptors (Lipinski definition) is 4. The van der Waals surface area contributed by atoms with Gasteiger partial charge in [-0.25, -0.2) is 4.79 Å². The Morgan fingerprint density at radius 3 is 2.55 bits per heavy atom. The van der Waals surface area contributed by atoms with Crippen molar-refractivity contribution in [3.8, 4) is 11.1 Å². The maximum atomic E-state index is 13.7. The molecule has 0 bridgehead atoms. The minimum absolute atomic E-state index is 0.0861. The van der Waals surface area contributed by atoms with Crippen LogP contribution in [0.1, 0.15) is 42.9 Å². The van der Waals surface area contributed by atoms with Crippen LogP contribution in [0.3, 0.4) is 0 Å². The van der Waals surface area contributed by atoms with E-state index in [0.29, 0.717) is 25.9 Å². The fourth-order valence-electron chi connectivity index (χ4n) is 4.78. The van der Waals surface area contributed by atoms with Crippen molar-refractivity contribution in [3.63, 3.8) is 0 Å². The van der Waals surface area contributed by atoms with Crippen LogP contribution in [-0.2, 0) is 29.1 Å². The monoisotopic (exact) mass is 530 g/mol. The molecule has 4 rings (SSSR count). The predicted octanol–water partition coefficient (Wildman–Crippen LogP) is 5.01. The van der Waals surface area contributed by atoms with Gasteiger partial charge in [0.15, 0.2) is 0 Å². The minimum atomic E-state index is -0.564. The first kappa shape index (κ1) is 27.3. The second kappa shape index (κ2) is 12.6. The number of amides is 4. The first-order chi connectivity index (χ1) is 18.4. The van der Waals surface area contributed by atoms with E-state index in [9.17, 15) is 14.4 Å². The number of fused-ring (bicyclic) bond motifs is 1. The molecule has 1 aliphatic rings. The Labute approximate surface area is 228 Å². The first-order valence-electron chi connectivity index (χ1n) is 12.9. The third-order valence-electron chi connectivity index (χ3n) is 6.73. The molecule has 4 amide bonds. The van der Waals surface area contributed by atoms with Gasteiger partial charge in [0.1, 0.15) is 6.04 Å². The number of benzene rings is 3. The normalized spacial score (nSPS) is 14.9. The van der Waals surface area contributed by atoms with Gasteiger partial charge in [0.2, 0.25) is 11.8 Å². The Balaban J connectivity index is 1.61. The topological polar surface area (TPSA) is 105 Å². The van der Waals surface area contributed by atoms with Crippen molar-refractivity contribution in [1.82, 2.24) is 10.6 Å². The molecule has 3 aromatic carbocycles. The van der Waals surface area contributed by atoms with Crippen LogP contribution in [0.25, 0.3) is 11.1 Å². The van der Waals surface area contributed by atoms with Crippen molar-refractivity contribution in [3.05, 3.63) is 83.4 Å². The van der Waals surface area contributed by atoms with Crippen LogP contribution in [0, 0.1) is 0 Å². The van der Waals surface area contributed by atoms with Gasteiger partial charge < -0.3 is 21.3 Å². The Bertz CT molecular complexity index is 1310. The van der Waals surface area contributed by atoms with E-state index in [0.717, 1.165) is 51.2 Å². The van der Waals surface area contributed by atoms with Crippen molar-refractivity contribution >= 4 is 35.3 Å². The lowest BCUT2D eigenvalue weighted by atomic mass is 9.98. The summed E-state index contributed by atoms with van der Waals surface area (Å²) in [6.07, 6.45) is 4.48. The summed E-state index contributed by atoms with van der Waals surface area (Å²) in [4.78, 5) is 40.3. The fraction of sp³-hybridized carbons (Fsp3) is 0.300. The maximum Gasteiger partial charge on any atom is 0.312 e. The number of primary amides is 1. The SMILES string of the molecule is CCCC(=O)N[C@@H]1CCc2cc(SC)ccc2N(Cc2ccc(-c3ccccc3CNC(N)=O)cc2)C1=O. The van der Waals surface area contributed by atoms with Gasteiger partial charge in [0.25, 0.3) is 0 Å². The van der Waals surface area contributed by atoms with E-state index in [1.807, 2.05) is 78.7 Å². The molecule has 1 aliphatic heterocycles. The molecule has 1 atom stereocenters. The van der Waals surface area contributed by atoms with E-state index in [4.69, 9.17) is 5.73 Å². The molecule has 0 radical (unpaired) electrons. The molecule has 0 unspecified atom stereocenters. The number of nitrogens with zero attached hydrogens (tertiary/aromatic N) is 1. The van der Waals surface area contributed by atoms with Crippen molar-refractivity contribution in [2.45, 2.75) is 56.6 Å². The van der Waals surface area contributed by atoms with Crippen LogP contribution in [0.2, 0.25) is 0 Å². The zero-order chi connectivity index (χ0) is 27.1. The number of aryl methyl sites for hydroxylation is 1. The van der Waals surface area contributed by atoms with E-state index in [2.05, 4.69) is 16.7 Å². The molecule has 198 valence electrons. The van der Waals surface area contributed by atoms with E-state index < -0.39 is 12.1 Å². The number of urea groups is 1. The van der Waals surface area contributed by atoms with Gasteiger partial charge in [-0.1, -0.05) is 55.5 Å². The number of carbonyl (C=O) groups excluding carboxylic acids is 3. The molecular weight excluding hydrogens is 496 g/mol. The molecule has 0 aromatic heterocycles. The lowest BCUT2D eigenvalue weighted by Crippen LogP contribution is -2.47. The van der Waals surface area contributed by atoms with E-state index in [1.165, 1.54) is 0 Å². The quantitative estimate of drug-likeness (QED) is 0.338. The second-order valence-corrected chi connectivity index (χ2v) is 10.3. The zero-order valence-electron chi connectivity index (χ0n) is 21.8. The van der Waals surface area contributed by atoms with Gasteiger partial charge in [0, 0.05) is 23.5 Å². The van der Waals surface area contributed by atoms with Crippen LogP contribution in [0.15, 0.2) is 71.6 Å². The third-order valence-corrected chi connectivity index (χ3v) is 7.46. The maximum absolute atomic E-state index is 13.7. The molecule has 38 heavy (non-hydrogen) atoms. The number of hydrogen-bond donors (Lipinski definition) is 3. The summed E-state index contributed by atoms with van der Waals surface area (Å²) < 4.78 is 0. The Kier molecular flexibility index (Phi) is 9.07. The number of rotatable bonds is 9. The third kappa shape index (κ3) is 6.55. The molecule has 0 spiro atoms. The largest absolute Gasteiger partial charge is 0.352 e. The molecule has 7 nitrogen and oxygen atoms in total. The lowest BCUT2D eigenvalue weighted by molar-refractivity contribution is -0.127. The van der Waals surface area contributed by atoms with Crippen molar-refractivity contribution < 1.29 is 14.4 Å². The number of nitrogens with one attached hydrogen (secondary N) is 2. The van der Waals surface area contributed by atoms with Gasteiger partial charge in [0.05, 0.1) is 6.54 Å². The Morgan fingerprint density at radius 2 is 1.84 bits per heavy atom. The number of carbonyl (C=O) groups is 3. The summed E-state index contributed by atoms with van der Waals surface area (Å²) in [6, 6.07) is 21.0.